The Balaban J connectivity index is 2.04. The van der Waals surface area contributed by atoms with E-state index in [0.29, 0.717) is 6.04 Å². The fourth-order valence-corrected chi connectivity index (χ4v) is 2.38. The molecule has 0 aliphatic rings. The smallest absolute Gasteiger partial charge is 0.0406 e. The molecular formula is C17H20ClN. The van der Waals surface area contributed by atoms with Gasteiger partial charge in [0.15, 0.2) is 0 Å². The van der Waals surface area contributed by atoms with E-state index in [4.69, 9.17) is 11.6 Å². The molecule has 0 heterocycles. The molecule has 0 spiro atoms. The number of rotatable bonds is 4. The van der Waals surface area contributed by atoms with Gasteiger partial charge in [0.25, 0.3) is 0 Å². The van der Waals surface area contributed by atoms with Crippen LogP contribution in [0.15, 0.2) is 42.5 Å². The van der Waals surface area contributed by atoms with Crippen molar-refractivity contribution >= 4 is 11.6 Å². The van der Waals surface area contributed by atoms with Crippen molar-refractivity contribution in [2.75, 3.05) is 0 Å². The molecule has 2 aromatic rings. The van der Waals surface area contributed by atoms with Crippen molar-refractivity contribution in [3.05, 3.63) is 69.7 Å². The summed E-state index contributed by atoms with van der Waals surface area (Å²) in [5.41, 5.74) is 5.34. The first-order chi connectivity index (χ1) is 9.08. The van der Waals surface area contributed by atoms with Gasteiger partial charge in [-0.2, -0.15) is 0 Å². The third kappa shape index (κ3) is 3.59. The third-order valence-corrected chi connectivity index (χ3v) is 3.85. The van der Waals surface area contributed by atoms with Gasteiger partial charge in [-0.15, -0.1) is 0 Å². The van der Waals surface area contributed by atoms with Crippen LogP contribution in [-0.4, -0.2) is 0 Å². The molecule has 0 saturated carbocycles. The highest BCUT2D eigenvalue weighted by Crippen LogP contribution is 2.18. The van der Waals surface area contributed by atoms with Crippen molar-refractivity contribution in [1.29, 1.82) is 0 Å². The summed E-state index contributed by atoms with van der Waals surface area (Å²) in [5, 5.41) is 4.36. The molecule has 2 heteroatoms. The second-order valence-corrected chi connectivity index (χ2v) is 5.46. The van der Waals surface area contributed by atoms with Gasteiger partial charge in [0.2, 0.25) is 0 Å². The molecule has 0 saturated heterocycles. The minimum Gasteiger partial charge on any atom is -0.306 e. The van der Waals surface area contributed by atoms with Gasteiger partial charge >= 0.3 is 0 Å². The lowest BCUT2D eigenvalue weighted by Gasteiger charge is -2.17. The van der Waals surface area contributed by atoms with Crippen molar-refractivity contribution in [1.82, 2.24) is 5.32 Å². The lowest BCUT2D eigenvalue weighted by atomic mass is 10.0. The molecule has 0 radical (unpaired) electrons. The summed E-state index contributed by atoms with van der Waals surface area (Å²) in [7, 11) is 0. The van der Waals surface area contributed by atoms with Crippen molar-refractivity contribution in [2.45, 2.75) is 33.4 Å². The van der Waals surface area contributed by atoms with Crippen LogP contribution in [0, 0.1) is 13.8 Å². The van der Waals surface area contributed by atoms with E-state index in [2.05, 4.69) is 56.4 Å². The molecule has 1 unspecified atom stereocenters. The highest BCUT2D eigenvalue weighted by molar-refractivity contribution is 6.30. The predicted octanol–water partition coefficient (Wildman–Crippen LogP) is 4.81. The highest BCUT2D eigenvalue weighted by atomic mass is 35.5. The van der Waals surface area contributed by atoms with Crippen molar-refractivity contribution < 1.29 is 0 Å². The van der Waals surface area contributed by atoms with Crippen LogP contribution < -0.4 is 5.32 Å². The zero-order valence-electron chi connectivity index (χ0n) is 11.7. The summed E-state index contributed by atoms with van der Waals surface area (Å²) >= 11 is 5.91. The van der Waals surface area contributed by atoms with Gasteiger partial charge in [0.1, 0.15) is 0 Å². The molecule has 0 fully saturated rings. The van der Waals surface area contributed by atoms with Crippen LogP contribution in [0.1, 0.15) is 35.2 Å². The molecular weight excluding hydrogens is 254 g/mol. The lowest BCUT2D eigenvalue weighted by molar-refractivity contribution is 0.572. The summed E-state index contributed by atoms with van der Waals surface area (Å²) in [6.07, 6.45) is 0. The van der Waals surface area contributed by atoms with Crippen molar-refractivity contribution in [3.63, 3.8) is 0 Å². The zero-order valence-corrected chi connectivity index (χ0v) is 12.5. The van der Waals surface area contributed by atoms with Crippen molar-refractivity contribution in [3.8, 4) is 0 Å². The van der Waals surface area contributed by atoms with Crippen LogP contribution >= 0.6 is 11.6 Å². The summed E-state index contributed by atoms with van der Waals surface area (Å²) in [4.78, 5) is 0. The van der Waals surface area contributed by atoms with Gasteiger partial charge in [0.05, 0.1) is 0 Å². The maximum absolute atomic E-state index is 5.91. The summed E-state index contributed by atoms with van der Waals surface area (Å²) in [6, 6.07) is 14.8. The molecule has 0 aliphatic carbocycles. The largest absolute Gasteiger partial charge is 0.306 e. The second-order valence-electron chi connectivity index (χ2n) is 5.02. The number of hydrogen-bond donors (Lipinski definition) is 1. The first kappa shape index (κ1) is 14.1. The maximum Gasteiger partial charge on any atom is 0.0406 e. The molecule has 1 N–H and O–H groups in total. The number of nitrogens with one attached hydrogen (secondary N) is 1. The Labute approximate surface area is 120 Å². The van der Waals surface area contributed by atoms with E-state index in [1.165, 1.54) is 22.3 Å². The Kier molecular flexibility index (Phi) is 4.62. The topological polar surface area (TPSA) is 12.0 Å². The van der Waals surface area contributed by atoms with E-state index in [1.807, 2.05) is 12.1 Å². The molecule has 0 aromatic heterocycles. The van der Waals surface area contributed by atoms with Gasteiger partial charge in [0, 0.05) is 17.6 Å². The van der Waals surface area contributed by atoms with Gasteiger partial charge in [-0.3, -0.25) is 0 Å². The summed E-state index contributed by atoms with van der Waals surface area (Å²) < 4.78 is 0. The molecule has 19 heavy (non-hydrogen) atoms. The molecule has 0 amide bonds. The normalized spacial score (nSPS) is 12.4. The molecule has 2 aromatic carbocycles. The number of benzene rings is 2. The van der Waals surface area contributed by atoms with Gasteiger partial charge in [-0.05, 0) is 55.2 Å². The Bertz CT molecular complexity index is 525. The summed E-state index contributed by atoms with van der Waals surface area (Å²) in [6.45, 7) is 7.40. The summed E-state index contributed by atoms with van der Waals surface area (Å²) in [5.74, 6) is 0. The van der Waals surface area contributed by atoms with Gasteiger partial charge in [-0.1, -0.05) is 41.9 Å². The number of hydrogen-bond acceptors (Lipinski definition) is 1. The van der Waals surface area contributed by atoms with Gasteiger partial charge < -0.3 is 5.32 Å². The Hall–Kier alpha value is -1.31. The van der Waals surface area contributed by atoms with E-state index in [-0.39, 0.29) is 0 Å². The number of halogens is 1. The average Bonchev–Trinajstić information content (AvgIpc) is 2.38. The molecule has 2 rings (SSSR count). The average molecular weight is 274 g/mol. The Morgan fingerprint density at radius 3 is 2.16 bits per heavy atom. The zero-order chi connectivity index (χ0) is 13.8. The lowest BCUT2D eigenvalue weighted by Crippen LogP contribution is -2.19. The van der Waals surface area contributed by atoms with Crippen LogP contribution in [0.25, 0.3) is 0 Å². The van der Waals surface area contributed by atoms with Crippen LogP contribution in [-0.2, 0) is 6.54 Å². The van der Waals surface area contributed by atoms with Crippen LogP contribution in [0.5, 0.6) is 0 Å². The molecule has 0 bridgehead atoms. The quantitative estimate of drug-likeness (QED) is 0.843. The van der Waals surface area contributed by atoms with Crippen LogP contribution in [0.4, 0.5) is 0 Å². The number of aryl methyl sites for hydroxylation is 2. The third-order valence-electron chi connectivity index (χ3n) is 3.60. The van der Waals surface area contributed by atoms with Crippen LogP contribution in [0.2, 0.25) is 5.02 Å². The maximum atomic E-state index is 5.91. The minimum absolute atomic E-state index is 0.316. The Morgan fingerprint density at radius 2 is 1.58 bits per heavy atom. The first-order valence-electron chi connectivity index (χ1n) is 6.62. The van der Waals surface area contributed by atoms with E-state index >= 15 is 0 Å². The van der Waals surface area contributed by atoms with E-state index in [1.54, 1.807) is 0 Å². The molecule has 1 atom stereocenters. The molecule has 100 valence electrons. The van der Waals surface area contributed by atoms with E-state index in [0.717, 1.165) is 11.6 Å². The van der Waals surface area contributed by atoms with Crippen LogP contribution in [0.3, 0.4) is 0 Å². The monoisotopic (exact) mass is 273 g/mol. The minimum atomic E-state index is 0.316. The van der Waals surface area contributed by atoms with E-state index < -0.39 is 0 Å². The first-order valence-corrected chi connectivity index (χ1v) is 6.99. The van der Waals surface area contributed by atoms with Gasteiger partial charge in [-0.25, -0.2) is 0 Å². The fourth-order valence-electron chi connectivity index (χ4n) is 2.25. The standard InChI is InChI=1S/C17H20ClN/c1-12-5-4-6-13(2)17(12)11-19-14(3)15-7-9-16(18)10-8-15/h4-10,14,19H,11H2,1-3H3. The van der Waals surface area contributed by atoms with Crippen molar-refractivity contribution in [2.24, 2.45) is 0 Å². The second kappa shape index (κ2) is 6.23. The fraction of sp³-hybridized carbons (Fsp3) is 0.294. The molecule has 1 nitrogen and oxygen atoms in total. The predicted molar refractivity (Wildman–Crippen MR) is 82.6 cm³/mol. The molecule has 0 aliphatic heterocycles. The van der Waals surface area contributed by atoms with E-state index in [9.17, 15) is 0 Å². The Morgan fingerprint density at radius 1 is 1.00 bits per heavy atom. The SMILES string of the molecule is Cc1cccc(C)c1CNC(C)c1ccc(Cl)cc1. The highest BCUT2D eigenvalue weighted by Gasteiger charge is 2.07.